The van der Waals surface area contributed by atoms with Gasteiger partial charge in [0, 0.05) is 5.56 Å². The number of carboxylic acid groups (broad SMARTS) is 1. The van der Waals surface area contributed by atoms with Gasteiger partial charge in [-0.05, 0) is 37.3 Å². The van der Waals surface area contributed by atoms with E-state index in [1.54, 1.807) is 12.1 Å². The zero-order valence-electron chi connectivity index (χ0n) is 11.6. The molecule has 0 saturated heterocycles. The summed E-state index contributed by atoms with van der Waals surface area (Å²) in [7, 11) is 0. The number of nitrogens with one attached hydrogen (secondary N) is 1. The average molecular weight is 318 g/mol. The summed E-state index contributed by atoms with van der Waals surface area (Å²) in [4.78, 5) is 34.8. The fourth-order valence-electron chi connectivity index (χ4n) is 1.90. The number of hydrogen-bond acceptors (Lipinski definition) is 3. The molecular weight excluding hydrogens is 306 g/mol. The molecule has 2 N–H and O–H groups in total. The van der Waals surface area contributed by atoms with Gasteiger partial charge in [-0.25, -0.2) is 4.79 Å². The van der Waals surface area contributed by atoms with Crippen molar-refractivity contribution < 1.29 is 19.5 Å². The number of rotatable bonds is 4. The molecule has 2 aromatic rings. The monoisotopic (exact) mass is 317 g/mol. The van der Waals surface area contributed by atoms with Crippen LogP contribution in [0, 0.1) is 0 Å². The van der Waals surface area contributed by atoms with Crippen LogP contribution in [0.25, 0.3) is 0 Å². The van der Waals surface area contributed by atoms with Crippen molar-refractivity contribution in [2.45, 2.75) is 6.92 Å². The smallest absolute Gasteiger partial charge is 0.336 e. The normalized spacial score (nSPS) is 10.1. The third-order valence-electron chi connectivity index (χ3n) is 3.02. The third-order valence-corrected chi connectivity index (χ3v) is 3.35. The zero-order valence-corrected chi connectivity index (χ0v) is 12.3. The Hall–Kier alpha value is -2.66. The second kappa shape index (κ2) is 6.41. The highest BCUT2D eigenvalue weighted by molar-refractivity contribution is 6.34. The van der Waals surface area contributed by atoms with Gasteiger partial charge in [0.05, 0.1) is 21.8 Å². The van der Waals surface area contributed by atoms with Crippen LogP contribution in [0.15, 0.2) is 42.5 Å². The van der Waals surface area contributed by atoms with Crippen LogP contribution in [-0.2, 0) is 0 Å². The number of amides is 1. The summed E-state index contributed by atoms with van der Waals surface area (Å²) < 4.78 is 0. The van der Waals surface area contributed by atoms with E-state index in [4.69, 9.17) is 16.7 Å². The average Bonchev–Trinajstić information content (AvgIpc) is 2.49. The van der Waals surface area contributed by atoms with Gasteiger partial charge in [0.2, 0.25) is 0 Å². The molecule has 6 heteroatoms. The number of anilines is 1. The van der Waals surface area contributed by atoms with Crippen LogP contribution in [0.1, 0.15) is 38.0 Å². The molecular formula is C16H12ClNO4. The standard InChI is InChI=1S/C16H12ClNO4/c1-9(19)10-6-7-13(17)14(8-10)18-15(20)11-4-2-3-5-12(11)16(21)22/h2-8H,1H3,(H,18,20)(H,21,22). The summed E-state index contributed by atoms with van der Waals surface area (Å²) in [5.41, 5.74) is 0.545. The molecule has 22 heavy (non-hydrogen) atoms. The maximum Gasteiger partial charge on any atom is 0.336 e. The molecule has 0 aromatic heterocycles. The van der Waals surface area contributed by atoms with E-state index >= 15 is 0 Å². The highest BCUT2D eigenvalue weighted by atomic mass is 35.5. The molecule has 2 aromatic carbocycles. The van der Waals surface area contributed by atoms with Crippen molar-refractivity contribution in [1.82, 2.24) is 0 Å². The lowest BCUT2D eigenvalue weighted by Crippen LogP contribution is -2.16. The van der Waals surface area contributed by atoms with Crippen LogP contribution >= 0.6 is 11.6 Å². The molecule has 5 nitrogen and oxygen atoms in total. The Balaban J connectivity index is 2.36. The molecule has 0 aliphatic carbocycles. The molecule has 0 unspecified atom stereocenters. The molecule has 0 atom stereocenters. The van der Waals surface area contributed by atoms with Crippen molar-refractivity contribution in [3.63, 3.8) is 0 Å². The Morgan fingerprint density at radius 3 is 2.27 bits per heavy atom. The van der Waals surface area contributed by atoms with Gasteiger partial charge in [-0.1, -0.05) is 23.7 Å². The molecule has 0 fully saturated rings. The van der Waals surface area contributed by atoms with E-state index in [0.29, 0.717) is 5.56 Å². The Morgan fingerprint density at radius 2 is 1.68 bits per heavy atom. The first kappa shape index (κ1) is 15.7. The van der Waals surface area contributed by atoms with Gasteiger partial charge in [-0.15, -0.1) is 0 Å². The molecule has 0 aliphatic rings. The Kier molecular flexibility index (Phi) is 4.58. The first-order chi connectivity index (χ1) is 10.4. The van der Waals surface area contributed by atoms with Crippen LogP contribution in [0.4, 0.5) is 5.69 Å². The summed E-state index contributed by atoms with van der Waals surface area (Å²) in [6, 6.07) is 10.3. The maximum atomic E-state index is 12.3. The van der Waals surface area contributed by atoms with Crippen molar-refractivity contribution in [3.8, 4) is 0 Å². The molecule has 0 bridgehead atoms. The number of Topliss-reactive ketones (excluding diaryl/α,β-unsaturated/α-hetero) is 1. The van der Waals surface area contributed by atoms with E-state index in [9.17, 15) is 14.4 Å². The van der Waals surface area contributed by atoms with Gasteiger partial charge in [-0.3, -0.25) is 9.59 Å². The van der Waals surface area contributed by atoms with Crippen LogP contribution in [-0.4, -0.2) is 22.8 Å². The minimum atomic E-state index is -1.20. The van der Waals surface area contributed by atoms with Crippen LogP contribution < -0.4 is 5.32 Å². The van der Waals surface area contributed by atoms with Crippen LogP contribution in [0.5, 0.6) is 0 Å². The van der Waals surface area contributed by atoms with Gasteiger partial charge >= 0.3 is 5.97 Å². The van der Waals surface area contributed by atoms with Crippen molar-refractivity contribution in [2.75, 3.05) is 5.32 Å². The number of halogens is 1. The van der Waals surface area contributed by atoms with Crippen molar-refractivity contribution in [3.05, 3.63) is 64.2 Å². The van der Waals surface area contributed by atoms with Crippen molar-refractivity contribution in [2.24, 2.45) is 0 Å². The molecule has 0 spiro atoms. The number of hydrogen-bond donors (Lipinski definition) is 2. The van der Waals surface area contributed by atoms with E-state index in [2.05, 4.69) is 5.32 Å². The maximum absolute atomic E-state index is 12.3. The van der Waals surface area contributed by atoms with E-state index < -0.39 is 11.9 Å². The molecule has 0 heterocycles. The molecule has 2 rings (SSSR count). The fraction of sp³-hybridized carbons (Fsp3) is 0.0625. The van der Waals surface area contributed by atoms with Crippen LogP contribution in [0.2, 0.25) is 5.02 Å². The van der Waals surface area contributed by atoms with Gasteiger partial charge in [0.1, 0.15) is 0 Å². The van der Waals surface area contributed by atoms with E-state index in [1.807, 2.05) is 0 Å². The SMILES string of the molecule is CC(=O)c1ccc(Cl)c(NC(=O)c2ccccc2C(=O)O)c1. The number of carbonyl (C=O) groups excluding carboxylic acids is 2. The number of carbonyl (C=O) groups is 3. The van der Waals surface area contributed by atoms with Gasteiger partial charge in [-0.2, -0.15) is 0 Å². The van der Waals surface area contributed by atoms with Gasteiger partial charge < -0.3 is 10.4 Å². The molecule has 0 saturated carbocycles. The fourth-order valence-corrected chi connectivity index (χ4v) is 2.06. The topological polar surface area (TPSA) is 83.5 Å². The molecule has 0 radical (unpaired) electrons. The van der Waals surface area contributed by atoms with Crippen molar-refractivity contribution in [1.29, 1.82) is 0 Å². The number of carboxylic acids is 1. The van der Waals surface area contributed by atoms with E-state index in [0.717, 1.165) is 0 Å². The summed E-state index contributed by atoms with van der Waals surface area (Å²) in [5.74, 6) is -1.98. The lowest BCUT2D eigenvalue weighted by molar-refractivity contribution is 0.0692. The summed E-state index contributed by atoms with van der Waals surface area (Å²) in [6.07, 6.45) is 0. The largest absolute Gasteiger partial charge is 0.478 e. The molecule has 112 valence electrons. The Bertz CT molecular complexity index is 770. The van der Waals surface area contributed by atoms with E-state index in [-0.39, 0.29) is 27.6 Å². The van der Waals surface area contributed by atoms with Crippen molar-refractivity contribution >= 4 is 34.9 Å². The second-order valence-corrected chi connectivity index (χ2v) is 4.96. The van der Waals surface area contributed by atoms with Gasteiger partial charge in [0.25, 0.3) is 5.91 Å². The van der Waals surface area contributed by atoms with E-state index in [1.165, 1.54) is 37.3 Å². The lowest BCUT2D eigenvalue weighted by Gasteiger charge is -2.10. The highest BCUT2D eigenvalue weighted by Crippen LogP contribution is 2.24. The Labute approximate surface area is 131 Å². The quantitative estimate of drug-likeness (QED) is 0.845. The zero-order chi connectivity index (χ0) is 16.3. The van der Waals surface area contributed by atoms with Gasteiger partial charge in [0.15, 0.2) is 5.78 Å². The summed E-state index contributed by atoms with van der Waals surface area (Å²) in [5, 5.41) is 11.9. The molecule has 0 aliphatic heterocycles. The second-order valence-electron chi connectivity index (χ2n) is 4.56. The summed E-state index contributed by atoms with van der Waals surface area (Å²) in [6.45, 7) is 1.40. The first-order valence-corrected chi connectivity index (χ1v) is 6.72. The minimum absolute atomic E-state index is 0.0132. The minimum Gasteiger partial charge on any atom is -0.478 e. The first-order valence-electron chi connectivity index (χ1n) is 6.34. The number of aromatic carboxylic acids is 1. The predicted octanol–water partition coefficient (Wildman–Crippen LogP) is 3.49. The third kappa shape index (κ3) is 3.32. The lowest BCUT2D eigenvalue weighted by atomic mass is 10.1. The van der Waals surface area contributed by atoms with Crippen LogP contribution in [0.3, 0.4) is 0 Å². The Morgan fingerprint density at radius 1 is 1.05 bits per heavy atom. The molecule has 1 amide bonds. The number of ketones is 1. The highest BCUT2D eigenvalue weighted by Gasteiger charge is 2.17. The summed E-state index contributed by atoms with van der Waals surface area (Å²) >= 11 is 5.99. The number of benzene rings is 2. The predicted molar refractivity (Wildman–Crippen MR) is 82.8 cm³/mol.